The maximum absolute atomic E-state index is 13.0. The van der Waals surface area contributed by atoms with E-state index in [1.807, 2.05) is 48.2 Å². The molecule has 0 spiro atoms. The first-order chi connectivity index (χ1) is 12.9. The Kier molecular flexibility index (Phi) is 7.22. The quantitative estimate of drug-likeness (QED) is 0.795. The van der Waals surface area contributed by atoms with E-state index < -0.39 is 0 Å². The van der Waals surface area contributed by atoms with Gasteiger partial charge in [-0.2, -0.15) is 0 Å². The van der Waals surface area contributed by atoms with E-state index in [4.69, 9.17) is 4.74 Å². The van der Waals surface area contributed by atoms with E-state index in [0.717, 1.165) is 23.2 Å². The molecule has 0 unspecified atom stereocenters. The molecule has 0 bridgehead atoms. The van der Waals surface area contributed by atoms with Crippen LogP contribution >= 0.6 is 12.4 Å². The number of esters is 1. The third kappa shape index (κ3) is 4.54. The zero-order valence-electron chi connectivity index (χ0n) is 16.7. The molecule has 6 heteroatoms. The summed E-state index contributed by atoms with van der Waals surface area (Å²) in [6.45, 7) is 7.62. The molecule has 0 radical (unpaired) electrons. The second-order valence-electron chi connectivity index (χ2n) is 7.22. The lowest BCUT2D eigenvalue weighted by atomic mass is 9.96. The summed E-state index contributed by atoms with van der Waals surface area (Å²) in [5.74, 6) is -0.295. The maximum Gasteiger partial charge on any atom is 0.337 e. The molecule has 150 valence electrons. The Bertz CT molecular complexity index is 869. The Morgan fingerprint density at radius 2 is 1.86 bits per heavy atom. The summed E-state index contributed by atoms with van der Waals surface area (Å²) in [4.78, 5) is 26.7. The number of halogens is 1. The summed E-state index contributed by atoms with van der Waals surface area (Å²) >= 11 is 0. The lowest BCUT2D eigenvalue weighted by Crippen LogP contribution is -2.56. The second kappa shape index (κ2) is 9.22. The number of amides is 1. The van der Waals surface area contributed by atoms with Crippen LogP contribution in [-0.4, -0.2) is 49.1 Å². The number of ether oxygens (including phenoxy) is 1. The van der Waals surface area contributed by atoms with Crippen LogP contribution in [0, 0.1) is 6.92 Å². The topological polar surface area (TPSA) is 58.6 Å². The lowest BCUT2D eigenvalue weighted by Gasteiger charge is -2.37. The van der Waals surface area contributed by atoms with E-state index in [-0.39, 0.29) is 30.3 Å². The molecule has 1 N–H and O–H groups in total. The van der Waals surface area contributed by atoms with E-state index >= 15 is 0 Å². The van der Waals surface area contributed by atoms with Crippen molar-refractivity contribution in [3.8, 4) is 11.1 Å². The fourth-order valence-corrected chi connectivity index (χ4v) is 3.52. The average Bonchev–Trinajstić information content (AvgIpc) is 2.68. The van der Waals surface area contributed by atoms with Gasteiger partial charge in [-0.05, 0) is 61.7 Å². The summed E-state index contributed by atoms with van der Waals surface area (Å²) in [6.07, 6.45) is 0. The van der Waals surface area contributed by atoms with Crippen molar-refractivity contribution in [3.63, 3.8) is 0 Å². The molecule has 0 saturated carbocycles. The van der Waals surface area contributed by atoms with E-state index in [1.54, 1.807) is 6.07 Å². The highest BCUT2D eigenvalue weighted by Crippen LogP contribution is 2.26. The number of benzene rings is 2. The molecule has 5 nitrogen and oxygen atoms in total. The summed E-state index contributed by atoms with van der Waals surface area (Å²) in [7, 11) is 1.37. The minimum atomic E-state index is -0.351. The van der Waals surface area contributed by atoms with Gasteiger partial charge in [0.05, 0.1) is 12.7 Å². The number of hydrogen-bond acceptors (Lipinski definition) is 4. The second-order valence-corrected chi connectivity index (χ2v) is 7.22. The first-order valence-corrected chi connectivity index (χ1v) is 9.24. The first kappa shape index (κ1) is 21.9. The van der Waals surface area contributed by atoms with Gasteiger partial charge in [-0.25, -0.2) is 4.79 Å². The SMILES string of the molecule is COC(=O)c1ccc(-c2cccc(C(=O)N3C[C@@H](C)NC[C@@H]3C)c2)c(C)c1.Cl. The van der Waals surface area contributed by atoms with Crippen molar-refractivity contribution in [1.29, 1.82) is 0 Å². The van der Waals surface area contributed by atoms with E-state index in [0.29, 0.717) is 23.7 Å². The number of hydrogen-bond donors (Lipinski definition) is 1. The van der Waals surface area contributed by atoms with Gasteiger partial charge in [0.2, 0.25) is 0 Å². The molecule has 0 aromatic heterocycles. The molecule has 3 rings (SSSR count). The van der Waals surface area contributed by atoms with Crippen LogP contribution in [0.15, 0.2) is 42.5 Å². The van der Waals surface area contributed by atoms with Gasteiger partial charge in [0.25, 0.3) is 5.91 Å². The van der Waals surface area contributed by atoms with Crippen molar-refractivity contribution < 1.29 is 14.3 Å². The highest BCUT2D eigenvalue weighted by atomic mass is 35.5. The van der Waals surface area contributed by atoms with Crippen LogP contribution in [0.25, 0.3) is 11.1 Å². The lowest BCUT2D eigenvalue weighted by molar-refractivity contribution is 0.0597. The fourth-order valence-electron chi connectivity index (χ4n) is 3.52. The molecule has 1 heterocycles. The minimum Gasteiger partial charge on any atom is -0.465 e. The number of nitrogens with one attached hydrogen (secondary N) is 1. The molecule has 1 fully saturated rings. The van der Waals surface area contributed by atoms with Gasteiger partial charge in [-0.3, -0.25) is 4.79 Å². The third-order valence-corrected chi connectivity index (χ3v) is 5.09. The molecular formula is C22H27ClN2O3. The monoisotopic (exact) mass is 402 g/mol. The van der Waals surface area contributed by atoms with Crippen molar-refractivity contribution in [3.05, 3.63) is 59.2 Å². The van der Waals surface area contributed by atoms with E-state index in [2.05, 4.69) is 19.2 Å². The minimum absolute atomic E-state index is 0. The van der Waals surface area contributed by atoms with Gasteiger partial charge in [0.1, 0.15) is 0 Å². The fraction of sp³-hybridized carbons (Fsp3) is 0.364. The molecule has 28 heavy (non-hydrogen) atoms. The smallest absolute Gasteiger partial charge is 0.337 e. The number of rotatable bonds is 3. The van der Waals surface area contributed by atoms with Crippen molar-refractivity contribution in [2.45, 2.75) is 32.9 Å². The summed E-state index contributed by atoms with van der Waals surface area (Å²) in [5.41, 5.74) is 4.13. The number of carbonyl (C=O) groups excluding carboxylic acids is 2. The summed E-state index contributed by atoms with van der Waals surface area (Å²) in [6, 6.07) is 13.6. The van der Waals surface area contributed by atoms with Crippen LogP contribution in [0.4, 0.5) is 0 Å². The van der Waals surface area contributed by atoms with Crippen LogP contribution in [0.5, 0.6) is 0 Å². The number of nitrogens with zero attached hydrogens (tertiary/aromatic N) is 1. The van der Waals surface area contributed by atoms with Gasteiger partial charge in [-0.1, -0.05) is 18.2 Å². The van der Waals surface area contributed by atoms with Gasteiger partial charge in [0, 0.05) is 30.7 Å². The number of aryl methyl sites for hydroxylation is 1. The maximum atomic E-state index is 13.0. The van der Waals surface area contributed by atoms with Crippen molar-refractivity contribution >= 4 is 24.3 Å². The molecule has 1 amide bonds. The Morgan fingerprint density at radius 3 is 2.54 bits per heavy atom. The largest absolute Gasteiger partial charge is 0.465 e. The third-order valence-electron chi connectivity index (χ3n) is 5.09. The van der Waals surface area contributed by atoms with Crippen molar-refractivity contribution in [2.75, 3.05) is 20.2 Å². The van der Waals surface area contributed by atoms with Crippen LogP contribution in [-0.2, 0) is 4.74 Å². The Hall–Kier alpha value is -2.37. The summed E-state index contributed by atoms with van der Waals surface area (Å²) < 4.78 is 4.78. The van der Waals surface area contributed by atoms with Gasteiger partial charge in [-0.15, -0.1) is 12.4 Å². The molecule has 2 atom stereocenters. The molecule has 2 aromatic carbocycles. The normalized spacial score (nSPS) is 18.9. The Morgan fingerprint density at radius 1 is 1.11 bits per heavy atom. The Labute approximate surface area is 172 Å². The first-order valence-electron chi connectivity index (χ1n) is 9.24. The predicted octanol–water partition coefficient (Wildman–Crippen LogP) is 3.69. The number of piperazine rings is 1. The molecule has 2 aromatic rings. The zero-order chi connectivity index (χ0) is 19.6. The van der Waals surface area contributed by atoms with Crippen molar-refractivity contribution in [1.82, 2.24) is 10.2 Å². The number of methoxy groups -OCH3 is 1. The molecule has 0 aliphatic carbocycles. The van der Waals surface area contributed by atoms with Gasteiger partial charge >= 0.3 is 5.97 Å². The highest BCUT2D eigenvalue weighted by molar-refractivity contribution is 5.96. The van der Waals surface area contributed by atoms with Crippen LogP contribution in [0.2, 0.25) is 0 Å². The van der Waals surface area contributed by atoms with E-state index in [1.165, 1.54) is 7.11 Å². The zero-order valence-corrected chi connectivity index (χ0v) is 17.5. The molecule has 1 saturated heterocycles. The highest BCUT2D eigenvalue weighted by Gasteiger charge is 2.27. The van der Waals surface area contributed by atoms with Crippen LogP contribution in [0.1, 0.15) is 40.1 Å². The number of carbonyl (C=O) groups is 2. The standard InChI is InChI=1S/C22H26N2O3.ClH/c1-14-10-19(22(26)27-4)8-9-20(14)17-6-5-7-18(11-17)21(25)24-13-15(2)23-12-16(24)3;/h5-11,15-16,23H,12-13H2,1-4H3;1H/t15-,16+;/m1./s1. The average molecular weight is 403 g/mol. The predicted molar refractivity (Wildman–Crippen MR) is 113 cm³/mol. The molecule has 1 aliphatic heterocycles. The van der Waals surface area contributed by atoms with Crippen molar-refractivity contribution in [2.24, 2.45) is 0 Å². The summed E-state index contributed by atoms with van der Waals surface area (Å²) in [5, 5.41) is 3.40. The van der Waals surface area contributed by atoms with Crippen LogP contribution < -0.4 is 5.32 Å². The van der Waals surface area contributed by atoms with Crippen LogP contribution in [0.3, 0.4) is 0 Å². The van der Waals surface area contributed by atoms with Gasteiger partial charge < -0.3 is 15.0 Å². The Balaban J connectivity index is 0.00000280. The molecular weight excluding hydrogens is 376 g/mol. The molecule has 1 aliphatic rings. The van der Waals surface area contributed by atoms with Gasteiger partial charge in [0.15, 0.2) is 0 Å². The van der Waals surface area contributed by atoms with E-state index in [9.17, 15) is 9.59 Å².